The van der Waals surface area contributed by atoms with E-state index in [1.807, 2.05) is 19.1 Å². The van der Waals surface area contributed by atoms with Crippen LogP contribution in [0.2, 0.25) is 5.02 Å². The van der Waals surface area contributed by atoms with E-state index in [0.29, 0.717) is 18.5 Å². The Morgan fingerprint density at radius 2 is 1.91 bits per heavy atom. The maximum absolute atomic E-state index is 13.1. The first-order valence-corrected chi connectivity index (χ1v) is 11.7. The van der Waals surface area contributed by atoms with E-state index in [1.165, 1.54) is 23.9 Å². The third-order valence-corrected chi connectivity index (χ3v) is 7.05. The lowest BCUT2D eigenvalue weighted by atomic mass is 9.98. The smallest absolute Gasteiger partial charge is 0.335 e. The molecule has 2 saturated heterocycles. The largest absolute Gasteiger partial charge is 0.478 e. The van der Waals surface area contributed by atoms with Crippen molar-refractivity contribution in [1.82, 2.24) is 14.8 Å². The molecule has 2 fully saturated rings. The van der Waals surface area contributed by atoms with Crippen LogP contribution in [0.3, 0.4) is 0 Å². The van der Waals surface area contributed by atoms with Gasteiger partial charge in [0, 0.05) is 49.0 Å². The van der Waals surface area contributed by atoms with Crippen molar-refractivity contribution < 1.29 is 19.5 Å². The Morgan fingerprint density at radius 1 is 1.15 bits per heavy atom. The quantitative estimate of drug-likeness (QED) is 0.667. The number of pyridine rings is 1. The molecule has 1 aromatic carbocycles. The molecule has 1 aromatic heterocycles. The highest BCUT2D eigenvalue weighted by atomic mass is 35.5. The minimum atomic E-state index is -1.05. The molecule has 0 saturated carbocycles. The third kappa shape index (κ3) is 5.42. The molecule has 0 aliphatic carbocycles. The number of aromatic nitrogens is 1. The predicted octanol–water partition coefficient (Wildman–Crippen LogP) is 3.51. The number of nitrogens with zero attached hydrogens (tertiary/aromatic N) is 3. The SMILES string of the molecule is Cc1cc(CN2CCC(N3C(=O)CC[C@@H]3C(=O)Cc3cc(C(=O)O)ccn3)CC2)ccc1Cl. The minimum Gasteiger partial charge on any atom is -0.478 e. The van der Waals surface area contributed by atoms with E-state index in [9.17, 15) is 14.4 Å². The van der Waals surface area contributed by atoms with Gasteiger partial charge in [-0.2, -0.15) is 0 Å². The number of aryl methyl sites for hydroxylation is 1. The van der Waals surface area contributed by atoms with Gasteiger partial charge < -0.3 is 10.0 Å². The average molecular weight is 470 g/mol. The number of carbonyl (C=O) groups excluding carboxylic acids is 2. The predicted molar refractivity (Wildman–Crippen MR) is 124 cm³/mol. The molecule has 2 aromatic rings. The molecule has 0 bridgehead atoms. The van der Waals surface area contributed by atoms with Gasteiger partial charge in [-0.1, -0.05) is 23.7 Å². The van der Waals surface area contributed by atoms with Gasteiger partial charge in [0.15, 0.2) is 5.78 Å². The topological polar surface area (TPSA) is 90.8 Å². The molecule has 33 heavy (non-hydrogen) atoms. The van der Waals surface area contributed by atoms with Crippen molar-refractivity contribution in [1.29, 1.82) is 0 Å². The first kappa shape index (κ1) is 23.4. The Hall–Kier alpha value is -2.77. The van der Waals surface area contributed by atoms with E-state index in [1.54, 1.807) is 4.90 Å². The number of piperidine rings is 1. The Morgan fingerprint density at radius 3 is 2.61 bits per heavy atom. The number of rotatable bonds is 7. The summed E-state index contributed by atoms with van der Waals surface area (Å²) in [6.45, 7) is 4.56. The lowest BCUT2D eigenvalue weighted by molar-refractivity contribution is -0.137. The number of ketones is 1. The van der Waals surface area contributed by atoms with Crippen LogP contribution in [0.4, 0.5) is 0 Å². The molecule has 0 unspecified atom stereocenters. The number of Topliss-reactive ketones (excluding diaryl/α,β-unsaturated/α-hetero) is 1. The molecule has 2 aliphatic heterocycles. The Balaban J connectivity index is 1.37. The molecule has 8 heteroatoms. The van der Waals surface area contributed by atoms with Gasteiger partial charge in [-0.05, 0) is 55.5 Å². The second-order valence-corrected chi connectivity index (χ2v) is 9.34. The molecular formula is C25H28ClN3O4. The normalized spacial score (nSPS) is 19.8. The number of hydrogen-bond acceptors (Lipinski definition) is 5. The summed E-state index contributed by atoms with van der Waals surface area (Å²) < 4.78 is 0. The van der Waals surface area contributed by atoms with Gasteiger partial charge in [0.25, 0.3) is 0 Å². The van der Waals surface area contributed by atoms with Crippen molar-refractivity contribution in [3.8, 4) is 0 Å². The summed E-state index contributed by atoms with van der Waals surface area (Å²) >= 11 is 6.13. The number of amides is 1. The highest BCUT2D eigenvalue weighted by Gasteiger charge is 2.40. The first-order valence-electron chi connectivity index (χ1n) is 11.3. The van der Waals surface area contributed by atoms with E-state index in [-0.39, 0.29) is 29.7 Å². The van der Waals surface area contributed by atoms with Crippen LogP contribution in [-0.4, -0.2) is 62.7 Å². The van der Waals surface area contributed by atoms with Crippen LogP contribution in [0.25, 0.3) is 0 Å². The van der Waals surface area contributed by atoms with Crippen molar-refractivity contribution in [3.63, 3.8) is 0 Å². The van der Waals surface area contributed by atoms with Crippen LogP contribution >= 0.6 is 11.6 Å². The zero-order chi connectivity index (χ0) is 23.5. The summed E-state index contributed by atoms with van der Waals surface area (Å²) in [6, 6.07) is 8.52. The lowest BCUT2D eigenvalue weighted by Crippen LogP contribution is -2.50. The van der Waals surface area contributed by atoms with E-state index in [0.717, 1.165) is 43.1 Å². The zero-order valence-corrected chi connectivity index (χ0v) is 19.4. The lowest BCUT2D eigenvalue weighted by Gasteiger charge is -2.39. The van der Waals surface area contributed by atoms with Crippen molar-refractivity contribution >= 4 is 29.3 Å². The highest BCUT2D eigenvalue weighted by Crippen LogP contribution is 2.29. The van der Waals surface area contributed by atoms with Gasteiger partial charge in [0.05, 0.1) is 18.0 Å². The molecule has 1 N–H and O–H groups in total. The molecular weight excluding hydrogens is 442 g/mol. The van der Waals surface area contributed by atoms with E-state index in [2.05, 4.69) is 16.0 Å². The highest BCUT2D eigenvalue weighted by molar-refractivity contribution is 6.31. The van der Waals surface area contributed by atoms with Crippen molar-refractivity contribution in [2.24, 2.45) is 0 Å². The number of carboxylic acids is 1. The molecule has 1 atom stereocenters. The van der Waals surface area contributed by atoms with Crippen LogP contribution in [0, 0.1) is 6.92 Å². The van der Waals surface area contributed by atoms with Crippen LogP contribution in [0.1, 0.15) is 52.9 Å². The van der Waals surface area contributed by atoms with Crippen LogP contribution in [0.15, 0.2) is 36.5 Å². The maximum atomic E-state index is 13.1. The van der Waals surface area contributed by atoms with Gasteiger partial charge in [-0.3, -0.25) is 19.5 Å². The number of aromatic carboxylic acids is 1. The molecule has 1 amide bonds. The fourth-order valence-corrected chi connectivity index (χ4v) is 5.02. The number of benzene rings is 1. The standard InChI is InChI=1S/C25H28ClN3O4/c1-16-12-17(2-3-21(16)26)15-28-10-7-20(8-11-28)29-22(4-5-24(29)31)23(30)14-19-13-18(25(32)33)6-9-27-19/h2-3,6,9,12-13,20,22H,4-5,7-8,10-11,14-15H2,1H3,(H,32,33)/t22-/m1/s1. The van der Waals surface area contributed by atoms with Gasteiger partial charge in [-0.25, -0.2) is 4.79 Å². The third-order valence-electron chi connectivity index (χ3n) is 6.62. The Kier molecular flexibility index (Phi) is 7.10. The fourth-order valence-electron chi connectivity index (χ4n) is 4.90. The van der Waals surface area contributed by atoms with E-state index in [4.69, 9.17) is 16.7 Å². The van der Waals surface area contributed by atoms with Crippen molar-refractivity contribution in [3.05, 3.63) is 63.9 Å². The molecule has 7 nitrogen and oxygen atoms in total. The minimum absolute atomic E-state index is 0.0321. The molecule has 2 aliphatic rings. The average Bonchev–Trinajstić information content (AvgIpc) is 3.18. The summed E-state index contributed by atoms with van der Waals surface area (Å²) in [6.07, 6.45) is 3.99. The molecule has 174 valence electrons. The maximum Gasteiger partial charge on any atom is 0.335 e. The summed E-state index contributed by atoms with van der Waals surface area (Å²) in [5.74, 6) is -1.09. The number of likely N-dealkylation sites (tertiary alicyclic amines) is 2. The molecule has 0 spiro atoms. The second kappa shape index (κ2) is 10.0. The first-order chi connectivity index (χ1) is 15.8. The van der Waals surface area contributed by atoms with Crippen LogP contribution in [0.5, 0.6) is 0 Å². The Bertz CT molecular complexity index is 1070. The summed E-state index contributed by atoms with van der Waals surface area (Å²) in [5, 5.41) is 9.94. The fraction of sp³-hybridized carbons (Fsp3) is 0.440. The number of halogens is 1. The molecule has 0 radical (unpaired) electrons. The summed E-state index contributed by atoms with van der Waals surface area (Å²) in [4.78, 5) is 45.3. The van der Waals surface area contributed by atoms with Crippen LogP contribution < -0.4 is 0 Å². The number of carbonyl (C=O) groups is 3. The number of hydrogen-bond donors (Lipinski definition) is 1. The number of carboxylic acid groups (broad SMARTS) is 1. The van der Waals surface area contributed by atoms with Gasteiger partial charge in [0.2, 0.25) is 5.91 Å². The van der Waals surface area contributed by atoms with E-state index >= 15 is 0 Å². The second-order valence-electron chi connectivity index (χ2n) is 8.93. The van der Waals surface area contributed by atoms with E-state index < -0.39 is 12.0 Å². The zero-order valence-electron chi connectivity index (χ0n) is 18.7. The summed E-state index contributed by atoms with van der Waals surface area (Å²) in [7, 11) is 0. The van der Waals surface area contributed by atoms with Gasteiger partial charge in [-0.15, -0.1) is 0 Å². The van der Waals surface area contributed by atoms with Crippen molar-refractivity contribution in [2.75, 3.05) is 13.1 Å². The van der Waals surface area contributed by atoms with Gasteiger partial charge >= 0.3 is 5.97 Å². The molecule has 3 heterocycles. The van der Waals surface area contributed by atoms with Crippen LogP contribution in [-0.2, 0) is 22.6 Å². The van der Waals surface area contributed by atoms with Gasteiger partial charge in [0.1, 0.15) is 0 Å². The Labute approximate surface area is 198 Å². The monoisotopic (exact) mass is 469 g/mol. The van der Waals surface area contributed by atoms with Crippen molar-refractivity contribution in [2.45, 2.75) is 57.7 Å². The molecule has 4 rings (SSSR count). The summed E-state index contributed by atoms with van der Waals surface area (Å²) in [5.41, 5.74) is 2.82.